The minimum absolute atomic E-state index is 0.108. The fourth-order valence-corrected chi connectivity index (χ4v) is 3.31. The van der Waals surface area contributed by atoms with E-state index in [9.17, 15) is 4.79 Å². The molecule has 1 N–H and O–H groups in total. The predicted molar refractivity (Wildman–Crippen MR) is 108 cm³/mol. The molecular formula is C22H31N3O. The number of nitrogens with one attached hydrogen (secondary N) is 1. The highest BCUT2D eigenvalue weighted by atomic mass is 16.1. The molecule has 140 valence electrons. The van der Waals surface area contributed by atoms with Crippen LogP contribution in [0.25, 0.3) is 0 Å². The van der Waals surface area contributed by atoms with Crippen molar-refractivity contribution in [3.05, 3.63) is 34.7 Å². The fraction of sp³-hybridized carbons (Fsp3) is 0.545. The SMILES string of the molecule is CC#Cc1cnc(N2CCCC(C)(C)CC2)c(C(=O)N/C(C)=C/C)c1C. The molecule has 1 fully saturated rings. The molecule has 1 aromatic rings. The normalized spacial score (nSPS) is 17.2. The average Bonchev–Trinajstić information content (AvgIpc) is 2.77. The molecule has 0 aliphatic carbocycles. The molecule has 0 spiro atoms. The summed E-state index contributed by atoms with van der Waals surface area (Å²) in [6.45, 7) is 14.1. The summed E-state index contributed by atoms with van der Waals surface area (Å²) in [6.07, 6.45) is 7.10. The molecule has 2 rings (SSSR count). The average molecular weight is 354 g/mol. The van der Waals surface area contributed by atoms with Gasteiger partial charge in [0.25, 0.3) is 5.91 Å². The molecule has 2 heterocycles. The number of rotatable bonds is 3. The first-order chi connectivity index (χ1) is 12.3. The molecule has 0 aromatic carbocycles. The van der Waals surface area contributed by atoms with Crippen LogP contribution in [0.5, 0.6) is 0 Å². The number of hydrogen-bond acceptors (Lipinski definition) is 3. The van der Waals surface area contributed by atoms with Crippen LogP contribution in [-0.2, 0) is 0 Å². The number of pyridine rings is 1. The van der Waals surface area contributed by atoms with Gasteiger partial charge in [0.15, 0.2) is 0 Å². The quantitative estimate of drug-likeness (QED) is 0.818. The molecule has 1 amide bonds. The van der Waals surface area contributed by atoms with Crippen LogP contribution >= 0.6 is 0 Å². The van der Waals surface area contributed by atoms with Crippen LogP contribution in [0.1, 0.15) is 75.4 Å². The number of carbonyl (C=O) groups excluding carboxylic acids is 1. The molecule has 1 saturated heterocycles. The highest BCUT2D eigenvalue weighted by molar-refractivity contribution is 6.01. The van der Waals surface area contributed by atoms with Gasteiger partial charge in [-0.2, -0.15) is 0 Å². The van der Waals surface area contributed by atoms with Crippen molar-refractivity contribution in [3.63, 3.8) is 0 Å². The molecule has 1 aromatic heterocycles. The summed E-state index contributed by atoms with van der Waals surface area (Å²) in [5.41, 5.74) is 3.53. The van der Waals surface area contributed by atoms with Gasteiger partial charge in [0.1, 0.15) is 5.82 Å². The molecule has 4 nitrogen and oxygen atoms in total. The Kier molecular flexibility index (Phi) is 6.47. The Labute approximate surface area is 158 Å². The minimum Gasteiger partial charge on any atom is -0.356 e. The summed E-state index contributed by atoms with van der Waals surface area (Å²) < 4.78 is 0. The second-order valence-corrected chi connectivity index (χ2v) is 7.80. The molecule has 0 saturated carbocycles. The van der Waals surface area contributed by atoms with Crippen molar-refractivity contribution < 1.29 is 4.79 Å². The van der Waals surface area contributed by atoms with E-state index in [0.29, 0.717) is 11.0 Å². The van der Waals surface area contributed by atoms with E-state index in [0.717, 1.165) is 48.6 Å². The lowest BCUT2D eigenvalue weighted by Crippen LogP contribution is -2.31. The zero-order valence-electron chi connectivity index (χ0n) is 17.0. The first-order valence-electron chi connectivity index (χ1n) is 9.40. The highest BCUT2D eigenvalue weighted by Gasteiger charge is 2.27. The lowest BCUT2D eigenvalue weighted by molar-refractivity contribution is 0.0965. The zero-order chi connectivity index (χ0) is 19.3. The van der Waals surface area contributed by atoms with Crippen LogP contribution in [0, 0.1) is 24.2 Å². The Hall–Kier alpha value is -2.28. The van der Waals surface area contributed by atoms with Gasteiger partial charge in [-0.15, -0.1) is 5.92 Å². The van der Waals surface area contributed by atoms with Crippen molar-refractivity contribution in [1.29, 1.82) is 0 Å². The number of nitrogens with zero attached hydrogens (tertiary/aromatic N) is 2. The maximum absolute atomic E-state index is 13.0. The summed E-state index contributed by atoms with van der Waals surface area (Å²) in [5.74, 6) is 6.66. The number of allylic oxidation sites excluding steroid dienone is 2. The van der Waals surface area contributed by atoms with Crippen LogP contribution in [0.15, 0.2) is 18.0 Å². The standard InChI is InChI=1S/C22H31N3O/c1-7-10-18-15-23-20(25-13-9-11-22(5,6)12-14-25)19(17(18)4)21(26)24-16(3)8-2/h8,15H,9,11-14H2,1-6H3,(H,24,26)/b16-8+. The van der Waals surface area contributed by atoms with E-state index >= 15 is 0 Å². The molecule has 0 atom stereocenters. The maximum Gasteiger partial charge on any atom is 0.259 e. The zero-order valence-corrected chi connectivity index (χ0v) is 17.0. The third-order valence-electron chi connectivity index (χ3n) is 5.19. The Bertz CT molecular complexity index is 766. The molecule has 1 aliphatic rings. The molecule has 4 heteroatoms. The Balaban J connectivity index is 2.49. The van der Waals surface area contributed by atoms with Crippen molar-refractivity contribution in [2.24, 2.45) is 5.41 Å². The molecule has 1 aliphatic heterocycles. The first-order valence-corrected chi connectivity index (χ1v) is 9.40. The van der Waals surface area contributed by atoms with E-state index in [1.54, 1.807) is 13.1 Å². The topological polar surface area (TPSA) is 45.2 Å². The number of aromatic nitrogens is 1. The van der Waals surface area contributed by atoms with Crippen molar-refractivity contribution >= 4 is 11.7 Å². The monoisotopic (exact) mass is 353 g/mol. The van der Waals surface area contributed by atoms with E-state index in [1.165, 1.54) is 6.42 Å². The third-order valence-corrected chi connectivity index (χ3v) is 5.19. The van der Waals surface area contributed by atoms with Gasteiger partial charge in [0, 0.05) is 30.5 Å². The summed E-state index contributed by atoms with van der Waals surface area (Å²) in [7, 11) is 0. The fourth-order valence-electron chi connectivity index (χ4n) is 3.31. The maximum atomic E-state index is 13.0. The van der Waals surface area contributed by atoms with Gasteiger partial charge >= 0.3 is 0 Å². The van der Waals surface area contributed by atoms with Crippen molar-refractivity contribution in [2.45, 2.75) is 60.8 Å². The predicted octanol–water partition coefficient (Wildman–Crippen LogP) is 4.43. The van der Waals surface area contributed by atoms with Crippen molar-refractivity contribution in [2.75, 3.05) is 18.0 Å². The van der Waals surface area contributed by atoms with Crippen LogP contribution in [0.4, 0.5) is 5.82 Å². The lowest BCUT2D eigenvalue weighted by atomic mass is 9.85. The number of anilines is 1. The smallest absolute Gasteiger partial charge is 0.259 e. The molecule has 0 radical (unpaired) electrons. The van der Waals surface area contributed by atoms with Crippen LogP contribution in [-0.4, -0.2) is 24.0 Å². The van der Waals surface area contributed by atoms with Gasteiger partial charge in [-0.25, -0.2) is 4.98 Å². The van der Waals surface area contributed by atoms with Gasteiger partial charge in [0.05, 0.1) is 5.56 Å². The Morgan fingerprint density at radius 1 is 1.35 bits per heavy atom. The lowest BCUT2D eigenvalue weighted by Gasteiger charge is -2.26. The summed E-state index contributed by atoms with van der Waals surface area (Å²) in [5, 5.41) is 2.97. The number of carbonyl (C=O) groups is 1. The number of amides is 1. The molecule has 26 heavy (non-hydrogen) atoms. The van der Waals surface area contributed by atoms with E-state index in [-0.39, 0.29) is 5.91 Å². The minimum atomic E-state index is -0.108. The molecule has 0 bridgehead atoms. The Morgan fingerprint density at radius 3 is 2.73 bits per heavy atom. The van der Waals surface area contributed by atoms with Gasteiger partial charge < -0.3 is 10.2 Å². The highest BCUT2D eigenvalue weighted by Crippen LogP contribution is 2.33. The largest absolute Gasteiger partial charge is 0.356 e. The van der Waals surface area contributed by atoms with E-state index in [1.807, 2.05) is 26.8 Å². The summed E-state index contributed by atoms with van der Waals surface area (Å²) >= 11 is 0. The van der Waals surface area contributed by atoms with Crippen LogP contribution < -0.4 is 10.2 Å². The molecular weight excluding hydrogens is 322 g/mol. The van der Waals surface area contributed by atoms with E-state index in [2.05, 4.69) is 40.9 Å². The summed E-state index contributed by atoms with van der Waals surface area (Å²) in [6, 6.07) is 0. The van der Waals surface area contributed by atoms with E-state index < -0.39 is 0 Å². The Morgan fingerprint density at radius 2 is 2.08 bits per heavy atom. The number of hydrogen-bond donors (Lipinski definition) is 1. The van der Waals surface area contributed by atoms with Crippen LogP contribution in [0.2, 0.25) is 0 Å². The van der Waals surface area contributed by atoms with Gasteiger partial charge in [-0.1, -0.05) is 25.8 Å². The van der Waals surface area contributed by atoms with Crippen molar-refractivity contribution in [1.82, 2.24) is 10.3 Å². The van der Waals surface area contributed by atoms with Crippen molar-refractivity contribution in [3.8, 4) is 11.8 Å². The van der Waals surface area contributed by atoms with E-state index in [4.69, 9.17) is 0 Å². The van der Waals surface area contributed by atoms with Gasteiger partial charge in [0.2, 0.25) is 0 Å². The molecule has 0 unspecified atom stereocenters. The van der Waals surface area contributed by atoms with Crippen LogP contribution in [0.3, 0.4) is 0 Å². The second kappa shape index (κ2) is 8.40. The van der Waals surface area contributed by atoms with Gasteiger partial charge in [-0.3, -0.25) is 4.79 Å². The summed E-state index contributed by atoms with van der Waals surface area (Å²) in [4.78, 5) is 19.9. The second-order valence-electron chi connectivity index (χ2n) is 7.80. The van der Waals surface area contributed by atoms with Gasteiger partial charge in [-0.05, 0) is 57.9 Å². The first kappa shape index (κ1) is 20.0. The third kappa shape index (κ3) is 4.66.